The normalized spacial score (nSPS) is 8.44. The van der Waals surface area contributed by atoms with Crippen molar-refractivity contribution in [2.45, 2.75) is 0 Å². The minimum Gasteiger partial charge on any atom is -0.237 e. The summed E-state index contributed by atoms with van der Waals surface area (Å²) in [6.07, 6.45) is 0. The SMILES string of the molecule is [C-]#[N+]c1ccccc1Br. The fourth-order valence-corrected chi connectivity index (χ4v) is 0.916. The average Bonchev–Trinajstić information content (AvgIpc) is 1.89. The lowest BCUT2D eigenvalue weighted by Crippen LogP contribution is -1.61. The molecule has 0 fully saturated rings. The largest absolute Gasteiger partial charge is 0.237 e. The van der Waals surface area contributed by atoms with Gasteiger partial charge in [-0.15, -0.1) is 0 Å². The van der Waals surface area contributed by atoms with Crippen LogP contribution in [0.3, 0.4) is 0 Å². The fourth-order valence-electron chi connectivity index (χ4n) is 0.542. The van der Waals surface area contributed by atoms with Gasteiger partial charge in [-0.2, -0.15) is 0 Å². The first kappa shape index (κ1) is 6.31. The highest BCUT2D eigenvalue weighted by atomic mass is 79.9. The summed E-state index contributed by atoms with van der Waals surface area (Å²) in [6, 6.07) is 7.36. The van der Waals surface area contributed by atoms with Gasteiger partial charge in [0.1, 0.15) is 0 Å². The third-order valence-corrected chi connectivity index (χ3v) is 1.64. The average molecular weight is 182 g/mol. The molecule has 0 atom stereocenters. The van der Waals surface area contributed by atoms with Crippen molar-refractivity contribution in [1.82, 2.24) is 0 Å². The molecule has 0 bridgehead atoms. The Balaban J connectivity index is 3.20. The minimum absolute atomic E-state index is 0.664. The Bertz CT molecular complexity index is 249. The number of rotatable bonds is 0. The van der Waals surface area contributed by atoms with Gasteiger partial charge in [0.2, 0.25) is 5.69 Å². The van der Waals surface area contributed by atoms with Crippen LogP contribution in [-0.2, 0) is 0 Å². The quantitative estimate of drug-likeness (QED) is 0.543. The van der Waals surface area contributed by atoms with E-state index in [4.69, 9.17) is 6.57 Å². The van der Waals surface area contributed by atoms with Crippen molar-refractivity contribution >= 4 is 21.6 Å². The van der Waals surface area contributed by atoms with Crippen molar-refractivity contribution in [3.05, 3.63) is 40.2 Å². The lowest BCUT2D eigenvalue weighted by molar-refractivity contribution is 1.66. The summed E-state index contributed by atoms with van der Waals surface area (Å²) < 4.78 is 0.861. The summed E-state index contributed by atoms with van der Waals surface area (Å²) in [5, 5.41) is 0. The molecule has 44 valence electrons. The third-order valence-electron chi connectivity index (χ3n) is 0.973. The molecule has 0 unspecified atom stereocenters. The van der Waals surface area contributed by atoms with Crippen molar-refractivity contribution in [3.8, 4) is 0 Å². The van der Waals surface area contributed by atoms with Gasteiger partial charge in [-0.3, -0.25) is 0 Å². The first-order chi connectivity index (χ1) is 4.34. The summed E-state index contributed by atoms with van der Waals surface area (Å²) in [5.41, 5.74) is 0.664. The molecule has 0 spiro atoms. The molecule has 1 nitrogen and oxygen atoms in total. The monoisotopic (exact) mass is 181 g/mol. The van der Waals surface area contributed by atoms with Crippen LogP contribution < -0.4 is 0 Å². The van der Waals surface area contributed by atoms with Gasteiger partial charge >= 0.3 is 0 Å². The van der Waals surface area contributed by atoms with Crippen molar-refractivity contribution in [1.29, 1.82) is 0 Å². The maximum absolute atomic E-state index is 6.68. The van der Waals surface area contributed by atoms with Crippen LogP contribution in [0.1, 0.15) is 0 Å². The summed E-state index contributed by atoms with van der Waals surface area (Å²) >= 11 is 3.24. The Morgan fingerprint density at radius 3 is 2.44 bits per heavy atom. The van der Waals surface area contributed by atoms with Gasteiger partial charge < -0.3 is 0 Å². The van der Waals surface area contributed by atoms with Crippen LogP contribution in [0.5, 0.6) is 0 Å². The van der Waals surface area contributed by atoms with Crippen molar-refractivity contribution in [3.63, 3.8) is 0 Å². The van der Waals surface area contributed by atoms with Crippen molar-refractivity contribution in [2.24, 2.45) is 0 Å². The number of hydrogen-bond donors (Lipinski definition) is 0. The molecule has 2 heteroatoms. The predicted molar refractivity (Wildman–Crippen MR) is 40.4 cm³/mol. The summed E-state index contributed by atoms with van der Waals surface area (Å²) in [5.74, 6) is 0. The second-order valence-corrected chi connectivity index (χ2v) is 2.42. The van der Waals surface area contributed by atoms with Crippen molar-refractivity contribution in [2.75, 3.05) is 0 Å². The maximum atomic E-state index is 6.68. The number of halogens is 1. The highest BCUT2D eigenvalue weighted by Crippen LogP contribution is 2.23. The maximum Gasteiger partial charge on any atom is 0.201 e. The second kappa shape index (κ2) is 2.65. The summed E-state index contributed by atoms with van der Waals surface area (Å²) in [6.45, 7) is 6.68. The van der Waals surface area contributed by atoms with Crippen LogP contribution >= 0.6 is 15.9 Å². The molecule has 0 aromatic heterocycles. The number of benzene rings is 1. The summed E-state index contributed by atoms with van der Waals surface area (Å²) in [4.78, 5) is 3.27. The molecule has 0 saturated heterocycles. The smallest absolute Gasteiger partial charge is 0.201 e. The molecule has 0 aliphatic carbocycles. The van der Waals surface area contributed by atoms with Gasteiger partial charge in [-0.25, -0.2) is 4.85 Å². The number of hydrogen-bond acceptors (Lipinski definition) is 0. The van der Waals surface area contributed by atoms with E-state index in [1.165, 1.54) is 0 Å². The zero-order valence-corrected chi connectivity index (χ0v) is 6.22. The van der Waals surface area contributed by atoms with E-state index in [0.29, 0.717) is 5.69 Å². The molecule has 1 rings (SSSR count). The Labute approximate surface area is 62.3 Å². The first-order valence-corrected chi connectivity index (χ1v) is 3.26. The van der Waals surface area contributed by atoms with E-state index in [2.05, 4.69) is 20.8 Å². The van der Waals surface area contributed by atoms with Crippen LogP contribution in [0.4, 0.5) is 5.69 Å². The van der Waals surface area contributed by atoms with E-state index < -0.39 is 0 Å². The Morgan fingerprint density at radius 1 is 1.33 bits per heavy atom. The highest BCUT2D eigenvalue weighted by molar-refractivity contribution is 9.10. The first-order valence-electron chi connectivity index (χ1n) is 2.46. The molecule has 0 amide bonds. The van der Waals surface area contributed by atoms with E-state index in [9.17, 15) is 0 Å². The van der Waals surface area contributed by atoms with E-state index in [1.807, 2.05) is 18.2 Å². The van der Waals surface area contributed by atoms with Crippen LogP contribution in [0.25, 0.3) is 4.85 Å². The Morgan fingerprint density at radius 2 is 2.00 bits per heavy atom. The van der Waals surface area contributed by atoms with Gasteiger partial charge in [0.25, 0.3) is 0 Å². The molecule has 0 aliphatic heterocycles. The Hall–Kier alpha value is -0.810. The molecule has 1 aromatic rings. The molecular weight excluding hydrogens is 178 g/mol. The standard InChI is InChI=1S/C7H4BrN/c1-9-7-5-3-2-4-6(7)8/h2-5H. The lowest BCUT2D eigenvalue weighted by atomic mass is 10.3. The zero-order valence-electron chi connectivity index (χ0n) is 4.63. The van der Waals surface area contributed by atoms with E-state index in [-0.39, 0.29) is 0 Å². The van der Waals surface area contributed by atoms with Gasteiger partial charge in [0.15, 0.2) is 0 Å². The van der Waals surface area contributed by atoms with E-state index >= 15 is 0 Å². The molecule has 0 N–H and O–H groups in total. The lowest BCUT2D eigenvalue weighted by Gasteiger charge is -1.89. The van der Waals surface area contributed by atoms with E-state index in [0.717, 1.165) is 4.47 Å². The molecule has 9 heavy (non-hydrogen) atoms. The summed E-state index contributed by atoms with van der Waals surface area (Å²) in [7, 11) is 0. The molecule has 0 radical (unpaired) electrons. The van der Waals surface area contributed by atoms with Crippen LogP contribution in [0.2, 0.25) is 0 Å². The molecule has 0 heterocycles. The minimum atomic E-state index is 0.664. The molecule has 0 aliphatic rings. The Kier molecular flexibility index (Phi) is 1.86. The van der Waals surface area contributed by atoms with Gasteiger partial charge in [0, 0.05) is 4.47 Å². The molecule has 0 saturated carbocycles. The van der Waals surface area contributed by atoms with Gasteiger partial charge in [-0.05, 0) is 0 Å². The van der Waals surface area contributed by atoms with Crippen LogP contribution in [0, 0.1) is 6.57 Å². The van der Waals surface area contributed by atoms with E-state index in [1.54, 1.807) is 6.07 Å². The van der Waals surface area contributed by atoms with Gasteiger partial charge in [0.05, 0.1) is 6.57 Å². The number of para-hydroxylation sites is 1. The topological polar surface area (TPSA) is 4.36 Å². The van der Waals surface area contributed by atoms with Crippen molar-refractivity contribution < 1.29 is 0 Å². The second-order valence-electron chi connectivity index (χ2n) is 1.56. The van der Waals surface area contributed by atoms with Crippen LogP contribution in [0.15, 0.2) is 28.7 Å². The van der Waals surface area contributed by atoms with Crippen LogP contribution in [-0.4, -0.2) is 0 Å². The molecular formula is C7H4BrN. The fraction of sp³-hybridized carbons (Fsp3) is 0. The zero-order chi connectivity index (χ0) is 6.69. The highest BCUT2D eigenvalue weighted by Gasteiger charge is 1.92. The molecule has 1 aromatic carbocycles. The number of nitrogens with zero attached hydrogens (tertiary/aromatic N) is 1. The predicted octanol–water partition coefficient (Wildman–Crippen LogP) is 3.00. The third kappa shape index (κ3) is 1.30. The van der Waals surface area contributed by atoms with Gasteiger partial charge in [-0.1, -0.05) is 40.2 Å².